The van der Waals surface area contributed by atoms with E-state index in [-0.39, 0.29) is 30.0 Å². The van der Waals surface area contributed by atoms with Gasteiger partial charge >= 0.3 is 0 Å². The summed E-state index contributed by atoms with van der Waals surface area (Å²) in [7, 11) is 1.69. The first kappa shape index (κ1) is 16.9. The smallest absolute Gasteiger partial charge is 0.225 e. The molecule has 5 heteroatoms. The molecule has 1 aromatic rings. The molecule has 0 spiro atoms. The Hall–Kier alpha value is -1.46. The van der Waals surface area contributed by atoms with E-state index in [1.165, 1.54) is 0 Å². The van der Waals surface area contributed by atoms with E-state index in [4.69, 9.17) is 4.74 Å². The first-order chi connectivity index (χ1) is 10.6. The minimum absolute atomic E-state index is 0.0454. The number of amides is 1. The molecule has 1 aliphatic rings. The number of aromatic nitrogens is 1. The molecule has 0 saturated carbocycles. The maximum atomic E-state index is 12.5. The van der Waals surface area contributed by atoms with Crippen LogP contribution in [-0.2, 0) is 16.0 Å². The molecule has 22 heavy (non-hydrogen) atoms. The van der Waals surface area contributed by atoms with Crippen LogP contribution in [0.25, 0.3) is 0 Å². The minimum atomic E-state index is -0.174. The fourth-order valence-electron chi connectivity index (χ4n) is 3.12. The van der Waals surface area contributed by atoms with Gasteiger partial charge in [0.15, 0.2) is 0 Å². The average molecular weight is 305 g/mol. The van der Waals surface area contributed by atoms with E-state index in [1.54, 1.807) is 13.3 Å². The van der Waals surface area contributed by atoms with Crippen LogP contribution in [0.2, 0.25) is 0 Å². The molecule has 1 amide bonds. The molecule has 0 radical (unpaired) electrons. The number of nitrogens with one attached hydrogen (secondary N) is 2. The van der Waals surface area contributed by atoms with Gasteiger partial charge in [0, 0.05) is 37.5 Å². The number of carbonyl (C=O) groups excluding carboxylic acids is 1. The largest absolute Gasteiger partial charge is 0.379 e. The third-order valence-electron chi connectivity index (χ3n) is 4.30. The lowest BCUT2D eigenvalue weighted by Gasteiger charge is -2.28. The van der Waals surface area contributed by atoms with Gasteiger partial charge in [-0.3, -0.25) is 9.78 Å². The Bertz CT molecular complexity index is 460. The van der Waals surface area contributed by atoms with Crippen LogP contribution in [0.4, 0.5) is 0 Å². The molecule has 0 bridgehead atoms. The van der Waals surface area contributed by atoms with Crippen molar-refractivity contribution >= 4 is 5.91 Å². The second-order valence-electron chi connectivity index (χ2n) is 6.13. The van der Waals surface area contributed by atoms with Crippen LogP contribution in [-0.4, -0.2) is 42.7 Å². The van der Waals surface area contributed by atoms with Crippen LogP contribution >= 0.6 is 0 Å². The molecule has 1 saturated heterocycles. The third-order valence-corrected chi connectivity index (χ3v) is 4.30. The van der Waals surface area contributed by atoms with Crippen molar-refractivity contribution in [3.63, 3.8) is 0 Å². The SMILES string of the molecule is COC(C1CCCN1)C(C)C(=O)NC(C)Cc1ccccn1. The van der Waals surface area contributed by atoms with Crippen LogP contribution < -0.4 is 10.6 Å². The van der Waals surface area contributed by atoms with Gasteiger partial charge in [-0.2, -0.15) is 0 Å². The summed E-state index contributed by atoms with van der Waals surface area (Å²) in [5.74, 6) is -0.129. The molecule has 0 aromatic carbocycles. The Morgan fingerprint density at radius 1 is 1.50 bits per heavy atom. The molecule has 122 valence electrons. The minimum Gasteiger partial charge on any atom is -0.379 e. The maximum absolute atomic E-state index is 12.5. The van der Waals surface area contributed by atoms with Gasteiger partial charge in [-0.25, -0.2) is 0 Å². The maximum Gasteiger partial charge on any atom is 0.225 e. The van der Waals surface area contributed by atoms with E-state index in [1.807, 2.05) is 32.0 Å². The number of pyridine rings is 1. The average Bonchev–Trinajstić information content (AvgIpc) is 3.02. The summed E-state index contributed by atoms with van der Waals surface area (Å²) >= 11 is 0. The zero-order chi connectivity index (χ0) is 15.9. The predicted octanol–water partition coefficient (Wildman–Crippen LogP) is 1.53. The van der Waals surface area contributed by atoms with E-state index in [0.717, 1.165) is 31.5 Å². The number of ether oxygens (including phenoxy) is 1. The number of rotatable bonds is 7. The van der Waals surface area contributed by atoms with Crippen molar-refractivity contribution in [2.24, 2.45) is 5.92 Å². The Labute approximate surface area is 132 Å². The lowest BCUT2D eigenvalue weighted by atomic mass is 9.95. The van der Waals surface area contributed by atoms with Crippen molar-refractivity contribution < 1.29 is 9.53 Å². The monoisotopic (exact) mass is 305 g/mol. The van der Waals surface area contributed by atoms with Crippen LogP contribution in [0.15, 0.2) is 24.4 Å². The van der Waals surface area contributed by atoms with Gasteiger partial charge in [-0.05, 0) is 38.4 Å². The van der Waals surface area contributed by atoms with Gasteiger partial charge in [-0.1, -0.05) is 13.0 Å². The summed E-state index contributed by atoms with van der Waals surface area (Å²) in [6.07, 6.45) is 4.65. The van der Waals surface area contributed by atoms with Crippen molar-refractivity contribution in [3.05, 3.63) is 30.1 Å². The van der Waals surface area contributed by atoms with Crippen molar-refractivity contribution in [1.29, 1.82) is 0 Å². The number of carbonyl (C=O) groups is 1. The summed E-state index contributed by atoms with van der Waals surface area (Å²) in [5, 5.41) is 6.50. The molecule has 4 unspecified atom stereocenters. The first-order valence-corrected chi connectivity index (χ1v) is 8.08. The molecule has 2 N–H and O–H groups in total. The van der Waals surface area contributed by atoms with Gasteiger partial charge in [0.1, 0.15) is 0 Å². The molecule has 4 atom stereocenters. The summed E-state index contributed by atoms with van der Waals surface area (Å²) in [4.78, 5) is 16.8. The first-order valence-electron chi connectivity index (χ1n) is 8.08. The molecule has 5 nitrogen and oxygen atoms in total. The Balaban J connectivity index is 1.86. The van der Waals surface area contributed by atoms with E-state index < -0.39 is 0 Å². The highest BCUT2D eigenvalue weighted by Gasteiger charge is 2.33. The Morgan fingerprint density at radius 2 is 2.32 bits per heavy atom. The zero-order valence-electron chi connectivity index (χ0n) is 13.7. The van der Waals surface area contributed by atoms with Crippen molar-refractivity contribution in [2.45, 2.75) is 51.3 Å². The quantitative estimate of drug-likeness (QED) is 0.802. The van der Waals surface area contributed by atoms with Crippen LogP contribution in [0.3, 0.4) is 0 Å². The number of hydrogen-bond donors (Lipinski definition) is 2. The molecule has 2 heterocycles. The fraction of sp³-hybridized carbons (Fsp3) is 0.647. The third kappa shape index (κ3) is 4.52. The molecular formula is C17H27N3O2. The van der Waals surface area contributed by atoms with Gasteiger partial charge in [0.05, 0.1) is 12.0 Å². The van der Waals surface area contributed by atoms with Gasteiger partial charge in [0.25, 0.3) is 0 Å². The standard InChI is InChI=1S/C17H27N3O2/c1-12(11-14-7-4-5-9-18-14)20-17(21)13(2)16(22-3)15-8-6-10-19-15/h4-5,7,9,12-13,15-16,19H,6,8,10-11H2,1-3H3,(H,20,21). The lowest BCUT2D eigenvalue weighted by Crippen LogP contribution is -2.48. The number of nitrogens with zero attached hydrogens (tertiary/aromatic N) is 1. The predicted molar refractivity (Wildman–Crippen MR) is 86.5 cm³/mol. The Kier molecular flexibility index (Phi) is 6.34. The second kappa shape index (κ2) is 8.25. The van der Waals surface area contributed by atoms with Crippen LogP contribution in [0.5, 0.6) is 0 Å². The highest BCUT2D eigenvalue weighted by atomic mass is 16.5. The zero-order valence-corrected chi connectivity index (χ0v) is 13.7. The summed E-state index contributed by atoms with van der Waals surface area (Å²) in [6.45, 7) is 4.96. The van der Waals surface area contributed by atoms with Crippen molar-refractivity contribution in [1.82, 2.24) is 15.6 Å². The highest BCUT2D eigenvalue weighted by molar-refractivity contribution is 5.79. The van der Waals surface area contributed by atoms with Crippen LogP contribution in [0.1, 0.15) is 32.4 Å². The molecular weight excluding hydrogens is 278 g/mol. The van der Waals surface area contributed by atoms with E-state index in [0.29, 0.717) is 0 Å². The van der Waals surface area contributed by atoms with Gasteiger partial charge in [-0.15, -0.1) is 0 Å². The number of hydrogen-bond acceptors (Lipinski definition) is 4. The van der Waals surface area contributed by atoms with Gasteiger partial charge < -0.3 is 15.4 Å². The Morgan fingerprint density at radius 3 is 2.91 bits per heavy atom. The number of methoxy groups -OCH3 is 1. The lowest BCUT2D eigenvalue weighted by molar-refractivity contribution is -0.130. The summed E-state index contributed by atoms with van der Waals surface area (Å²) in [6, 6.07) is 6.17. The molecule has 1 aliphatic heterocycles. The van der Waals surface area contributed by atoms with E-state index >= 15 is 0 Å². The van der Waals surface area contributed by atoms with Gasteiger partial charge in [0.2, 0.25) is 5.91 Å². The van der Waals surface area contributed by atoms with E-state index in [9.17, 15) is 4.79 Å². The summed E-state index contributed by atoms with van der Waals surface area (Å²) < 4.78 is 5.58. The fourth-order valence-corrected chi connectivity index (χ4v) is 3.12. The molecule has 1 fully saturated rings. The molecule has 1 aromatic heterocycles. The van der Waals surface area contributed by atoms with E-state index in [2.05, 4.69) is 15.6 Å². The second-order valence-corrected chi connectivity index (χ2v) is 6.13. The van der Waals surface area contributed by atoms with Crippen LogP contribution in [0, 0.1) is 5.92 Å². The molecule has 0 aliphatic carbocycles. The van der Waals surface area contributed by atoms with Crippen molar-refractivity contribution in [3.8, 4) is 0 Å². The molecule has 2 rings (SSSR count). The normalized spacial score (nSPS) is 22.0. The topological polar surface area (TPSA) is 63.2 Å². The van der Waals surface area contributed by atoms with Crippen molar-refractivity contribution in [2.75, 3.05) is 13.7 Å². The highest BCUT2D eigenvalue weighted by Crippen LogP contribution is 2.19. The summed E-state index contributed by atoms with van der Waals surface area (Å²) in [5.41, 5.74) is 0.990.